The van der Waals surface area contributed by atoms with Crippen molar-refractivity contribution in [3.8, 4) is 0 Å². The van der Waals surface area contributed by atoms with Gasteiger partial charge in [-0.1, -0.05) is 12.1 Å². The fraction of sp³-hybridized carbons (Fsp3) is 0.600. The molecule has 0 N–H and O–H groups in total. The van der Waals surface area contributed by atoms with Crippen LogP contribution in [0.2, 0.25) is 0 Å². The van der Waals surface area contributed by atoms with E-state index in [9.17, 15) is 8.42 Å². The van der Waals surface area contributed by atoms with Crippen molar-refractivity contribution >= 4 is 21.4 Å². The average Bonchev–Trinajstić information content (AvgIpc) is 3.17. The van der Waals surface area contributed by atoms with Crippen molar-refractivity contribution in [2.24, 2.45) is 0 Å². The minimum atomic E-state index is -3.38. The van der Waals surface area contributed by atoms with Crippen molar-refractivity contribution < 1.29 is 17.9 Å². The normalized spacial score (nSPS) is 29.4. The Morgan fingerprint density at radius 2 is 2.32 bits per heavy atom. The van der Waals surface area contributed by atoms with Gasteiger partial charge in [-0.3, -0.25) is 0 Å². The molecular weight excluding hydrogens is 322 g/mol. The lowest BCUT2D eigenvalue weighted by atomic mass is 10.0. The first-order valence-corrected chi connectivity index (χ1v) is 9.84. The standard InChI is InChI=1S/C15H21NO4S2/c1-2-9-19-11-12-5-6-13-14(20-12)7-8-16(13)22(17,18)15-4-3-10-21-15/h2-4,10,12-14H,1,5-9,11H2/t12-,13+,14+/m0/s1. The lowest BCUT2D eigenvalue weighted by Crippen LogP contribution is -2.45. The van der Waals surface area contributed by atoms with Crippen LogP contribution in [0.15, 0.2) is 34.4 Å². The Morgan fingerprint density at radius 1 is 1.45 bits per heavy atom. The van der Waals surface area contributed by atoms with E-state index in [4.69, 9.17) is 9.47 Å². The zero-order chi connectivity index (χ0) is 15.6. The summed E-state index contributed by atoms with van der Waals surface area (Å²) in [6, 6.07) is 3.40. The molecule has 0 unspecified atom stereocenters. The van der Waals surface area contributed by atoms with E-state index >= 15 is 0 Å². The molecule has 2 saturated heterocycles. The molecule has 22 heavy (non-hydrogen) atoms. The van der Waals surface area contributed by atoms with Crippen LogP contribution in [0.4, 0.5) is 0 Å². The van der Waals surface area contributed by atoms with Crippen molar-refractivity contribution in [2.75, 3.05) is 19.8 Å². The van der Waals surface area contributed by atoms with Crippen LogP contribution in [0.25, 0.3) is 0 Å². The van der Waals surface area contributed by atoms with Gasteiger partial charge in [0, 0.05) is 6.54 Å². The molecule has 0 aliphatic carbocycles. The maximum atomic E-state index is 12.7. The lowest BCUT2D eigenvalue weighted by molar-refractivity contribution is -0.0908. The molecule has 3 heterocycles. The Morgan fingerprint density at radius 3 is 3.05 bits per heavy atom. The van der Waals surface area contributed by atoms with Gasteiger partial charge in [-0.2, -0.15) is 4.31 Å². The first-order valence-electron chi connectivity index (χ1n) is 7.52. The third kappa shape index (κ3) is 3.14. The highest BCUT2D eigenvalue weighted by Crippen LogP contribution is 2.36. The maximum Gasteiger partial charge on any atom is 0.252 e. The van der Waals surface area contributed by atoms with Gasteiger partial charge in [0.2, 0.25) is 0 Å². The highest BCUT2D eigenvalue weighted by Gasteiger charge is 2.45. The quantitative estimate of drug-likeness (QED) is 0.587. The van der Waals surface area contributed by atoms with E-state index in [2.05, 4.69) is 6.58 Å². The molecule has 2 aliphatic rings. The molecule has 0 bridgehead atoms. The SMILES string of the molecule is C=CCOC[C@@H]1CC[C@@H]2[C@@H](CCN2S(=O)(=O)c2cccs2)O1. The van der Waals surface area contributed by atoms with Gasteiger partial charge in [-0.15, -0.1) is 17.9 Å². The number of nitrogens with zero attached hydrogens (tertiary/aromatic N) is 1. The first-order chi connectivity index (χ1) is 10.6. The topological polar surface area (TPSA) is 55.8 Å². The molecule has 7 heteroatoms. The summed E-state index contributed by atoms with van der Waals surface area (Å²) in [5.74, 6) is 0. The second-order valence-corrected chi connectivity index (χ2v) is 8.67. The van der Waals surface area contributed by atoms with Gasteiger partial charge in [0.1, 0.15) is 4.21 Å². The first kappa shape index (κ1) is 16.1. The molecule has 1 aromatic heterocycles. The predicted octanol–water partition coefficient (Wildman–Crippen LogP) is 2.26. The highest BCUT2D eigenvalue weighted by molar-refractivity contribution is 7.91. The molecule has 0 radical (unpaired) electrons. The lowest BCUT2D eigenvalue weighted by Gasteiger charge is -2.35. The van der Waals surface area contributed by atoms with E-state index in [-0.39, 0.29) is 18.2 Å². The second-order valence-electron chi connectivity index (χ2n) is 5.60. The van der Waals surface area contributed by atoms with Gasteiger partial charge in [-0.05, 0) is 30.7 Å². The van der Waals surface area contributed by atoms with Crippen molar-refractivity contribution in [1.29, 1.82) is 0 Å². The van der Waals surface area contributed by atoms with Crippen LogP contribution in [-0.2, 0) is 19.5 Å². The van der Waals surface area contributed by atoms with Crippen molar-refractivity contribution in [3.05, 3.63) is 30.2 Å². The zero-order valence-corrected chi connectivity index (χ0v) is 14.0. The van der Waals surface area contributed by atoms with E-state index in [1.807, 2.05) is 0 Å². The molecular formula is C15H21NO4S2. The van der Waals surface area contributed by atoms with Gasteiger partial charge in [0.15, 0.2) is 0 Å². The monoisotopic (exact) mass is 343 g/mol. The summed E-state index contributed by atoms with van der Waals surface area (Å²) < 4.78 is 38.9. The number of hydrogen-bond donors (Lipinski definition) is 0. The van der Waals surface area contributed by atoms with Crippen LogP contribution in [-0.4, -0.2) is 50.7 Å². The van der Waals surface area contributed by atoms with Crippen LogP contribution in [0.5, 0.6) is 0 Å². The summed E-state index contributed by atoms with van der Waals surface area (Å²) in [4.78, 5) is 0. The molecule has 122 valence electrons. The Bertz CT molecular complexity index is 599. The van der Waals surface area contributed by atoms with Crippen molar-refractivity contribution in [3.63, 3.8) is 0 Å². The molecule has 3 rings (SSSR count). The predicted molar refractivity (Wildman–Crippen MR) is 85.5 cm³/mol. The van der Waals surface area contributed by atoms with E-state index in [0.717, 1.165) is 19.3 Å². The molecule has 3 atom stereocenters. The molecule has 0 amide bonds. The van der Waals surface area contributed by atoms with Crippen LogP contribution in [0.1, 0.15) is 19.3 Å². The Labute approximate surface area is 135 Å². The van der Waals surface area contributed by atoms with Gasteiger partial charge < -0.3 is 9.47 Å². The Balaban J connectivity index is 1.64. The number of hydrogen-bond acceptors (Lipinski definition) is 5. The Kier molecular flexibility index (Phi) is 4.99. The van der Waals surface area contributed by atoms with E-state index < -0.39 is 10.0 Å². The summed E-state index contributed by atoms with van der Waals surface area (Å²) in [6.07, 6.45) is 4.18. The number of rotatable bonds is 6. The summed E-state index contributed by atoms with van der Waals surface area (Å²) in [6.45, 7) is 5.23. The number of ether oxygens (including phenoxy) is 2. The van der Waals surface area contributed by atoms with Gasteiger partial charge in [-0.25, -0.2) is 8.42 Å². The molecule has 0 saturated carbocycles. The van der Waals surface area contributed by atoms with E-state index in [0.29, 0.717) is 24.0 Å². The third-order valence-electron chi connectivity index (χ3n) is 4.18. The van der Waals surface area contributed by atoms with Gasteiger partial charge in [0.05, 0.1) is 31.5 Å². The molecule has 0 spiro atoms. The zero-order valence-electron chi connectivity index (χ0n) is 12.4. The summed E-state index contributed by atoms with van der Waals surface area (Å²) >= 11 is 1.27. The number of thiophene rings is 1. The average molecular weight is 343 g/mol. The van der Waals surface area contributed by atoms with Gasteiger partial charge in [0.25, 0.3) is 10.0 Å². The van der Waals surface area contributed by atoms with E-state index in [1.54, 1.807) is 27.9 Å². The summed E-state index contributed by atoms with van der Waals surface area (Å²) in [7, 11) is -3.38. The smallest absolute Gasteiger partial charge is 0.252 e. The fourth-order valence-electron chi connectivity index (χ4n) is 3.19. The fourth-order valence-corrected chi connectivity index (χ4v) is 6.00. The number of fused-ring (bicyclic) bond motifs is 1. The highest BCUT2D eigenvalue weighted by atomic mass is 32.2. The van der Waals surface area contributed by atoms with Gasteiger partial charge >= 0.3 is 0 Å². The van der Waals surface area contributed by atoms with Crippen LogP contribution < -0.4 is 0 Å². The minimum Gasteiger partial charge on any atom is -0.375 e. The molecule has 5 nitrogen and oxygen atoms in total. The van der Waals surface area contributed by atoms with Crippen molar-refractivity contribution in [1.82, 2.24) is 4.31 Å². The summed E-state index contributed by atoms with van der Waals surface area (Å²) in [5.41, 5.74) is 0. The molecule has 0 aromatic carbocycles. The third-order valence-corrected chi connectivity index (χ3v) is 7.48. The molecule has 1 aromatic rings. The molecule has 2 aliphatic heterocycles. The van der Waals surface area contributed by atoms with Crippen LogP contribution in [0, 0.1) is 0 Å². The molecule has 2 fully saturated rings. The van der Waals surface area contributed by atoms with Crippen molar-refractivity contribution in [2.45, 2.75) is 41.7 Å². The van der Waals surface area contributed by atoms with E-state index in [1.165, 1.54) is 11.3 Å². The number of sulfonamides is 1. The maximum absolute atomic E-state index is 12.7. The van der Waals surface area contributed by atoms with Crippen LogP contribution >= 0.6 is 11.3 Å². The second kappa shape index (κ2) is 6.80. The largest absolute Gasteiger partial charge is 0.375 e. The Hall–Kier alpha value is -0.730. The summed E-state index contributed by atoms with van der Waals surface area (Å²) in [5, 5.41) is 1.80. The van der Waals surface area contributed by atoms with Crippen LogP contribution in [0.3, 0.4) is 0 Å². The minimum absolute atomic E-state index is 0.0131.